The highest BCUT2D eigenvalue weighted by Crippen LogP contribution is 2.33. The Morgan fingerprint density at radius 3 is 2.35 bits per heavy atom. The molecule has 0 unspecified atom stereocenters. The summed E-state index contributed by atoms with van der Waals surface area (Å²) in [6.07, 6.45) is -3.49. The molecule has 7 heteroatoms. The number of carbonyl (C=O) groups is 1. The number of amides is 1. The van der Waals surface area contributed by atoms with Gasteiger partial charge in [0.25, 0.3) is 0 Å². The molecule has 26 heavy (non-hydrogen) atoms. The minimum Gasteiger partial charge on any atom is -0.355 e. The second-order valence-corrected chi connectivity index (χ2v) is 6.59. The molecule has 0 bridgehead atoms. The highest BCUT2D eigenvalue weighted by atomic mass is 19.4. The van der Waals surface area contributed by atoms with Crippen LogP contribution in [0.1, 0.15) is 42.5 Å². The molecule has 1 N–H and O–H groups in total. The molecule has 2 heterocycles. The first-order valence-corrected chi connectivity index (χ1v) is 8.39. The Morgan fingerprint density at radius 1 is 1.19 bits per heavy atom. The summed E-state index contributed by atoms with van der Waals surface area (Å²) in [5.41, 5.74) is 1.47. The Labute approximate surface area is 150 Å². The standard InChI is InChI=1S/C19H20F3N3O/c1-12(24-13(2)26)14-3-5-15(6-4-14)16-10-25(11-16)18-8-7-17(9-23-18)19(20,21)22/h3-9,12,16H,10-11H2,1-2H3,(H,24,26)/t12-/m0/s1. The van der Waals surface area contributed by atoms with Crippen LogP contribution in [0.25, 0.3) is 0 Å². The average Bonchev–Trinajstić information content (AvgIpc) is 2.53. The zero-order valence-electron chi connectivity index (χ0n) is 14.5. The maximum atomic E-state index is 12.6. The summed E-state index contributed by atoms with van der Waals surface area (Å²) >= 11 is 0. The highest BCUT2D eigenvalue weighted by Gasteiger charge is 2.32. The van der Waals surface area contributed by atoms with Crippen molar-refractivity contribution in [2.75, 3.05) is 18.0 Å². The first-order valence-electron chi connectivity index (χ1n) is 8.39. The molecule has 2 aromatic rings. The first kappa shape index (κ1) is 18.2. The molecule has 1 aromatic carbocycles. The second kappa shape index (κ2) is 6.97. The topological polar surface area (TPSA) is 45.2 Å². The summed E-state index contributed by atoms with van der Waals surface area (Å²) < 4.78 is 37.7. The van der Waals surface area contributed by atoms with Crippen molar-refractivity contribution < 1.29 is 18.0 Å². The number of hydrogen-bond donors (Lipinski definition) is 1. The van der Waals surface area contributed by atoms with E-state index in [1.165, 1.54) is 18.6 Å². The third-order valence-electron chi connectivity index (χ3n) is 4.61. The molecule has 0 radical (unpaired) electrons. The summed E-state index contributed by atoms with van der Waals surface area (Å²) in [4.78, 5) is 17.0. The van der Waals surface area contributed by atoms with E-state index >= 15 is 0 Å². The summed E-state index contributed by atoms with van der Waals surface area (Å²) in [7, 11) is 0. The van der Waals surface area contributed by atoms with Crippen LogP contribution in [0.15, 0.2) is 42.6 Å². The Kier molecular flexibility index (Phi) is 4.89. The number of pyridine rings is 1. The van der Waals surface area contributed by atoms with Crippen LogP contribution in [0.2, 0.25) is 0 Å². The number of carbonyl (C=O) groups excluding carboxylic acids is 1. The number of halogens is 3. The maximum Gasteiger partial charge on any atom is 0.417 e. The minimum atomic E-state index is -4.36. The maximum absolute atomic E-state index is 12.6. The van der Waals surface area contributed by atoms with Gasteiger partial charge in [0.1, 0.15) is 5.82 Å². The molecule has 1 saturated heterocycles. The molecular formula is C19H20F3N3O. The molecule has 0 aliphatic carbocycles. The number of nitrogens with zero attached hydrogens (tertiary/aromatic N) is 2. The Hall–Kier alpha value is -2.57. The summed E-state index contributed by atoms with van der Waals surface area (Å²) in [5, 5.41) is 2.84. The molecule has 1 aliphatic heterocycles. The van der Waals surface area contributed by atoms with Crippen LogP contribution in [-0.4, -0.2) is 24.0 Å². The molecule has 1 atom stereocenters. The van der Waals surface area contributed by atoms with E-state index < -0.39 is 11.7 Å². The minimum absolute atomic E-state index is 0.0456. The van der Waals surface area contributed by atoms with Gasteiger partial charge in [-0.3, -0.25) is 4.79 Å². The third kappa shape index (κ3) is 3.98. The molecule has 1 aromatic heterocycles. The van der Waals surface area contributed by atoms with Gasteiger partial charge in [0.2, 0.25) is 5.91 Å². The molecule has 3 rings (SSSR count). The monoisotopic (exact) mass is 363 g/mol. The van der Waals surface area contributed by atoms with Crippen LogP contribution < -0.4 is 10.2 Å². The van der Waals surface area contributed by atoms with Crippen molar-refractivity contribution in [3.05, 3.63) is 59.3 Å². The van der Waals surface area contributed by atoms with E-state index in [-0.39, 0.29) is 11.9 Å². The van der Waals surface area contributed by atoms with E-state index in [1.807, 2.05) is 36.1 Å². The highest BCUT2D eigenvalue weighted by molar-refractivity contribution is 5.73. The van der Waals surface area contributed by atoms with Gasteiger partial charge < -0.3 is 10.2 Å². The van der Waals surface area contributed by atoms with Gasteiger partial charge in [0, 0.05) is 32.1 Å². The number of benzene rings is 1. The lowest BCUT2D eigenvalue weighted by Gasteiger charge is -2.40. The smallest absolute Gasteiger partial charge is 0.355 e. The predicted molar refractivity (Wildman–Crippen MR) is 92.9 cm³/mol. The van der Waals surface area contributed by atoms with Crippen molar-refractivity contribution in [1.82, 2.24) is 10.3 Å². The zero-order valence-corrected chi connectivity index (χ0v) is 14.5. The number of aromatic nitrogens is 1. The van der Waals surface area contributed by atoms with E-state index in [0.29, 0.717) is 11.7 Å². The van der Waals surface area contributed by atoms with E-state index in [9.17, 15) is 18.0 Å². The van der Waals surface area contributed by atoms with Crippen molar-refractivity contribution in [1.29, 1.82) is 0 Å². The fraction of sp³-hybridized carbons (Fsp3) is 0.368. The van der Waals surface area contributed by atoms with Crippen molar-refractivity contribution in [3.8, 4) is 0 Å². The zero-order chi connectivity index (χ0) is 18.9. The Morgan fingerprint density at radius 2 is 1.85 bits per heavy atom. The number of anilines is 1. The number of rotatable bonds is 4. The van der Waals surface area contributed by atoms with Gasteiger partial charge >= 0.3 is 6.18 Å². The SMILES string of the molecule is CC(=O)N[C@@H](C)c1ccc(C2CN(c3ccc(C(F)(F)F)cn3)C2)cc1. The molecule has 138 valence electrons. The number of hydrogen-bond acceptors (Lipinski definition) is 3. The van der Waals surface area contributed by atoms with Gasteiger partial charge in [-0.15, -0.1) is 0 Å². The van der Waals surface area contributed by atoms with E-state index in [0.717, 1.165) is 30.9 Å². The van der Waals surface area contributed by atoms with Gasteiger partial charge in [-0.25, -0.2) is 4.98 Å². The predicted octanol–water partition coefficient (Wildman–Crippen LogP) is 3.90. The lowest BCUT2D eigenvalue weighted by Crippen LogP contribution is -2.45. The van der Waals surface area contributed by atoms with Gasteiger partial charge in [-0.2, -0.15) is 13.2 Å². The number of nitrogens with one attached hydrogen (secondary N) is 1. The number of alkyl halides is 3. The Bertz CT molecular complexity index is 766. The van der Waals surface area contributed by atoms with E-state index in [4.69, 9.17) is 0 Å². The molecule has 0 spiro atoms. The normalized spacial score (nSPS) is 16.1. The van der Waals surface area contributed by atoms with Crippen molar-refractivity contribution in [2.45, 2.75) is 32.0 Å². The van der Waals surface area contributed by atoms with Crippen LogP contribution in [-0.2, 0) is 11.0 Å². The van der Waals surface area contributed by atoms with Crippen LogP contribution in [0.5, 0.6) is 0 Å². The van der Waals surface area contributed by atoms with Gasteiger partial charge in [0.05, 0.1) is 11.6 Å². The Balaban J connectivity index is 1.58. The fourth-order valence-electron chi connectivity index (χ4n) is 3.06. The lowest BCUT2D eigenvalue weighted by molar-refractivity contribution is -0.137. The van der Waals surface area contributed by atoms with E-state index in [1.54, 1.807) is 0 Å². The van der Waals surface area contributed by atoms with Gasteiger partial charge in [-0.05, 0) is 30.2 Å². The molecular weight excluding hydrogens is 343 g/mol. The lowest BCUT2D eigenvalue weighted by atomic mass is 9.90. The van der Waals surface area contributed by atoms with Crippen LogP contribution in [0.4, 0.5) is 19.0 Å². The van der Waals surface area contributed by atoms with Crippen LogP contribution >= 0.6 is 0 Å². The van der Waals surface area contributed by atoms with Crippen LogP contribution in [0, 0.1) is 0 Å². The average molecular weight is 363 g/mol. The van der Waals surface area contributed by atoms with Gasteiger partial charge in [-0.1, -0.05) is 24.3 Å². The van der Waals surface area contributed by atoms with E-state index in [2.05, 4.69) is 10.3 Å². The van der Waals surface area contributed by atoms with Crippen molar-refractivity contribution in [3.63, 3.8) is 0 Å². The van der Waals surface area contributed by atoms with Crippen molar-refractivity contribution in [2.24, 2.45) is 0 Å². The quantitative estimate of drug-likeness (QED) is 0.896. The molecule has 1 fully saturated rings. The molecule has 4 nitrogen and oxygen atoms in total. The summed E-state index contributed by atoms with van der Waals surface area (Å²) in [6, 6.07) is 10.5. The summed E-state index contributed by atoms with van der Waals surface area (Å²) in [6.45, 7) is 4.86. The molecule has 1 aliphatic rings. The first-order chi connectivity index (χ1) is 12.2. The largest absolute Gasteiger partial charge is 0.417 e. The van der Waals surface area contributed by atoms with Crippen LogP contribution in [0.3, 0.4) is 0 Å². The fourth-order valence-corrected chi connectivity index (χ4v) is 3.06. The second-order valence-electron chi connectivity index (χ2n) is 6.59. The molecule has 1 amide bonds. The third-order valence-corrected chi connectivity index (χ3v) is 4.61. The van der Waals surface area contributed by atoms with Crippen molar-refractivity contribution >= 4 is 11.7 Å². The summed E-state index contributed by atoms with van der Waals surface area (Å²) in [5.74, 6) is 0.814. The molecule has 0 saturated carbocycles. The van der Waals surface area contributed by atoms with Gasteiger partial charge in [0.15, 0.2) is 0 Å².